The van der Waals surface area contributed by atoms with E-state index in [0.717, 1.165) is 16.7 Å². The number of anilines is 1. The summed E-state index contributed by atoms with van der Waals surface area (Å²) in [5, 5.41) is 0.420. The van der Waals surface area contributed by atoms with Crippen molar-refractivity contribution in [1.29, 1.82) is 0 Å². The minimum Gasteiger partial charge on any atom is -0.457 e. The van der Waals surface area contributed by atoms with Gasteiger partial charge in [-0.25, -0.2) is 4.79 Å². The van der Waals surface area contributed by atoms with Crippen molar-refractivity contribution < 1.29 is 9.53 Å². The molecule has 0 aliphatic carbocycles. The first-order chi connectivity index (χ1) is 9.45. The molecule has 0 fully saturated rings. The third-order valence-corrected chi connectivity index (χ3v) is 3.24. The van der Waals surface area contributed by atoms with E-state index in [1.807, 2.05) is 32.0 Å². The normalized spacial score (nSPS) is 10.3. The molecule has 3 nitrogen and oxygen atoms in total. The standard InChI is InChI=1S/C16H16ClNO2/c1-10-3-4-11(2)13(5-10)9-20-16(19)12-6-14(17)8-15(18)7-12/h3-8H,9,18H2,1-2H3. The molecule has 0 aliphatic rings. The Hall–Kier alpha value is -2.00. The van der Waals surface area contributed by atoms with Gasteiger partial charge in [-0.05, 0) is 43.2 Å². The summed E-state index contributed by atoms with van der Waals surface area (Å²) in [4.78, 5) is 12.0. The molecule has 2 aromatic rings. The van der Waals surface area contributed by atoms with Gasteiger partial charge in [0, 0.05) is 10.7 Å². The van der Waals surface area contributed by atoms with E-state index in [0.29, 0.717) is 16.3 Å². The van der Waals surface area contributed by atoms with E-state index < -0.39 is 5.97 Å². The second-order valence-corrected chi connectivity index (χ2v) is 5.22. The maximum atomic E-state index is 12.0. The summed E-state index contributed by atoms with van der Waals surface area (Å²) in [5.41, 5.74) is 9.68. The number of carbonyl (C=O) groups excluding carboxylic acids is 1. The lowest BCUT2D eigenvalue weighted by Crippen LogP contribution is -2.07. The summed E-state index contributed by atoms with van der Waals surface area (Å²) in [6, 6.07) is 10.7. The highest BCUT2D eigenvalue weighted by Gasteiger charge is 2.10. The summed E-state index contributed by atoms with van der Waals surface area (Å²) < 4.78 is 5.31. The van der Waals surface area contributed by atoms with Crippen LogP contribution in [0.1, 0.15) is 27.0 Å². The number of aryl methyl sites for hydroxylation is 2. The van der Waals surface area contributed by atoms with Crippen LogP contribution in [0.25, 0.3) is 0 Å². The Balaban J connectivity index is 2.10. The number of halogens is 1. The number of ether oxygens (including phenoxy) is 1. The summed E-state index contributed by atoms with van der Waals surface area (Å²) in [6.07, 6.45) is 0. The average Bonchev–Trinajstić information content (AvgIpc) is 2.38. The van der Waals surface area contributed by atoms with Crippen molar-refractivity contribution in [3.63, 3.8) is 0 Å². The maximum Gasteiger partial charge on any atom is 0.338 e. The van der Waals surface area contributed by atoms with Gasteiger partial charge in [0.2, 0.25) is 0 Å². The fraction of sp³-hybridized carbons (Fsp3) is 0.188. The minimum absolute atomic E-state index is 0.235. The predicted octanol–water partition coefficient (Wildman–Crippen LogP) is 3.90. The highest BCUT2D eigenvalue weighted by atomic mass is 35.5. The number of benzene rings is 2. The van der Waals surface area contributed by atoms with Crippen LogP contribution in [0.3, 0.4) is 0 Å². The summed E-state index contributed by atoms with van der Waals surface area (Å²) in [6.45, 7) is 4.22. The molecule has 2 aromatic carbocycles. The first kappa shape index (κ1) is 14.4. The first-order valence-electron chi connectivity index (χ1n) is 6.25. The smallest absolute Gasteiger partial charge is 0.338 e. The molecule has 0 saturated carbocycles. The van der Waals surface area contributed by atoms with Crippen molar-refractivity contribution in [3.8, 4) is 0 Å². The van der Waals surface area contributed by atoms with Gasteiger partial charge in [-0.15, -0.1) is 0 Å². The molecule has 0 spiro atoms. The van der Waals surface area contributed by atoms with Crippen LogP contribution in [0.2, 0.25) is 5.02 Å². The quantitative estimate of drug-likeness (QED) is 0.689. The summed E-state index contributed by atoms with van der Waals surface area (Å²) in [5.74, 6) is -0.430. The Bertz CT molecular complexity index is 633. The van der Waals surface area contributed by atoms with Crippen LogP contribution in [-0.4, -0.2) is 5.97 Å². The van der Waals surface area contributed by atoms with Gasteiger partial charge in [0.15, 0.2) is 0 Å². The molecule has 0 amide bonds. The van der Waals surface area contributed by atoms with Crippen LogP contribution in [0.5, 0.6) is 0 Å². The molecule has 0 unspecified atom stereocenters. The van der Waals surface area contributed by atoms with Crippen molar-refractivity contribution in [2.75, 3.05) is 5.73 Å². The van der Waals surface area contributed by atoms with Crippen molar-refractivity contribution in [3.05, 3.63) is 63.7 Å². The Morgan fingerprint density at radius 1 is 1.20 bits per heavy atom. The second-order valence-electron chi connectivity index (χ2n) is 4.78. The molecule has 4 heteroatoms. The Morgan fingerprint density at radius 2 is 1.95 bits per heavy atom. The highest BCUT2D eigenvalue weighted by Crippen LogP contribution is 2.18. The molecular formula is C16H16ClNO2. The Kier molecular flexibility index (Phi) is 4.30. The van der Waals surface area contributed by atoms with Crippen LogP contribution < -0.4 is 5.73 Å². The van der Waals surface area contributed by atoms with E-state index in [1.165, 1.54) is 0 Å². The molecule has 0 aliphatic heterocycles. The molecule has 0 bridgehead atoms. The number of nitrogens with two attached hydrogens (primary N) is 1. The van der Waals surface area contributed by atoms with E-state index in [-0.39, 0.29) is 6.61 Å². The van der Waals surface area contributed by atoms with Crippen molar-refractivity contribution in [2.24, 2.45) is 0 Å². The zero-order chi connectivity index (χ0) is 14.7. The van der Waals surface area contributed by atoms with Crippen LogP contribution >= 0.6 is 11.6 Å². The van der Waals surface area contributed by atoms with Gasteiger partial charge < -0.3 is 10.5 Å². The van der Waals surface area contributed by atoms with E-state index in [9.17, 15) is 4.79 Å². The molecule has 0 heterocycles. The highest BCUT2D eigenvalue weighted by molar-refractivity contribution is 6.31. The molecule has 2 rings (SSSR count). The number of hydrogen-bond acceptors (Lipinski definition) is 3. The number of carbonyl (C=O) groups is 1. The maximum absolute atomic E-state index is 12.0. The third-order valence-electron chi connectivity index (χ3n) is 3.02. The number of esters is 1. The van der Waals surface area contributed by atoms with Gasteiger partial charge in [0.05, 0.1) is 5.56 Å². The summed E-state index contributed by atoms with van der Waals surface area (Å²) in [7, 11) is 0. The van der Waals surface area contributed by atoms with Gasteiger partial charge in [-0.1, -0.05) is 35.4 Å². The zero-order valence-electron chi connectivity index (χ0n) is 11.4. The molecular weight excluding hydrogens is 274 g/mol. The summed E-state index contributed by atoms with van der Waals surface area (Å²) >= 11 is 5.87. The third kappa shape index (κ3) is 3.52. The Morgan fingerprint density at radius 3 is 2.65 bits per heavy atom. The molecule has 2 N–H and O–H groups in total. The topological polar surface area (TPSA) is 52.3 Å². The van der Waals surface area contributed by atoms with Crippen molar-refractivity contribution in [1.82, 2.24) is 0 Å². The van der Waals surface area contributed by atoms with Gasteiger partial charge in [-0.2, -0.15) is 0 Å². The molecule has 20 heavy (non-hydrogen) atoms. The van der Waals surface area contributed by atoms with Gasteiger partial charge in [0.25, 0.3) is 0 Å². The first-order valence-corrected chi connectivity index (χ1v) is 6.63. The fourth-order valence-electron chi connectivity index (χ4n) is 1.91. The van der Waals surface area contributed by atoms with Gasteiger partial charge >= 0.3 is 5.97 Å². The molecule has 0 radical (unpaired) electrons. The van der Waals surface area contributed by atoms with E-state index in [2.05, 4.69) is 0 Å². The van der Waals surface area contributed by atoms with E-state index in [1.54, 1.807) is 18.2 Å². The lowest BCUT2D eigenvalue weighted by Gasteiger charge is -2.09. The zero-order valence-corrected chi connectivity index (χ0v) is 12.2. The number of hydrogen-bond donors (Lipinski definition) is 1. The van der Waals surface area contributed by atoms with Crippen LogP contribution in [-0.2, 0) is 11.3 Å². The van der Waals surface area contributed by atoms with Crippen LogP contribution in [0, 0.1) is 13.8 Å². The second kappa shape index (κ2) is 5.97. The lowest BCUT2D eigenvalue weighted by atomic mass is 10.1. The number of nitrogen functional groups attached to an aromatic ring is 1. The van der Waals surface area contributed by atoms with Crippen molar-refractivity contribution >= 4 is 23.3 Å². The van der Waals surface area contributed by atoms with E-state index >= 15 is 0 Å². The van der Waals surface area contributed by atoms with Crippen LogP contribution in [0.15, 0.2) is 36.4 Å². The lowest BCUT2D eigenvalue weighted by molar-refractivity contribution is 0.0472. The minimum atomic E-state index is -0.430. The largest absolute Gasteiger partial charge is 0.457 e. The van der Waals surface area contributed by atoms with Gasteiger partial charge in [0.1, 0.15) is 6.61 Å². The fourth-order valence-corrected chi connectivity index (χ4v) is 2.16. The molecule has 0 aromatic heterocycles. The average molecular weight is 290 g/mol. The monoisotopic (exact) mass is 289 g/mol. The predicted molar refractivity (Wildman–Crippen MR) is 80.9 cm³/mol. The molecule has 104 valence electrons. The number of rotatable bonds is 3. The van der Waals surface area contributed by atoms with E-state index in [4.69, 9.17) is 22.1 Å². The Labute approximate surface area is 123 Å². The molecule has 0 saturated heterocycles. The SMILES string of the molecule is Cc1ccc(C)c(COC(=O)c2cc(N)cc(Cl)c2)c1. The van der Waals surface area contributed by atoms with Crippen LogP contribution in [0.4, 0.5) is 5.69 Å². The molecule has 0 atom stereocenters. The van der Waals surface area contributed by atoms with Crippen molar-refractivity contribution in [2.45, 2.75) is 20.5 Å². The van der Waals surface area contributed by atoms with Gasteiger partial charge in [-0.3, -0.25) is 0 Å².